The summed E-state index contributed by atoms with van der Waals surface area (Å²) < 4.78 is 19.8. The van der Waals surface area contributed by atoms with E-state index >= 15 is 0 Å². The molecular formula is C19H17FN2O4S. The van der Waals surface area contributed by atoms with Crippen LogP contribution in [0.1, 0.15) is 19.5 Å². The molecule has 1 atom stereocenters. The molecule has 3 rings (SSSR count). The molecule has 1 aliphatic heterocycles. The van der Waals surface area contributed by atoms with Crippen molar-refractivity contribution >= 4 is 35.0 Å². The Morgan fingerprint density at radius 2 is 1.96 bits per heavy atom. The third-order valence-electron chi connectivity index (χ3n) is 4.00. The molecule has 1 aromatic heterocycles. The Labute approximate surface area is 159 Å². The Balaban J connectivity index is 1.88. The minimum atomic E-state index is -0.993. The van der Waals surface area contributed by atoms with E-state index in [0.717, 1.165) is 16.7 Å². The lowest BCUT2D eigenvalue weighted by Gasteiger charge is -2.19. The molecule has 0 saturated carbocycles. The summed E-state index contributed by atoms with van der Waals surface area (Å²) in [6.07, 6.45) is 3.34. The predicted molar refractivity (Wildman–Crippen MR) is 99.6 cm³/mol. The summed E-state index contributed by atoms with van der Waals surface area (Å²) in [6, 6.07) is 8.46. The summed E-state index contributed by atoms with van der Waals surface area (Å²) in [5.74, 6) is -1.52. The molecule has 8 heteroatoms. The molecule has 140 valence electrons. The summed E-state index contributed by atoms with van der Waals surface area (Å²) in [6.45, 7) is 3.28. The average Bonchev–Trinajstić information content (AvgIpc) is 3.20. The number of thioether (sulfide) groups is 1. The Hall–Kier alpha value is -2.87. The molecule has 27 heavy (non-hydrogen) atoms. The number of amides is 2. The monoisotopic (exact) mass is 388 g/mol. The van der Waals surface area contributed by atoms with Crippen LogP contribution in [-0.4, -0.2) is 39.2 Å². The van der Waals surface area contributed by atoms with Crippen molar-refractivity contribution in [3.63, 3.8) is 0 Å². The Morgan fingerprint density at radius 1 is 1.26 bits per heavy atom. The minimum absolute atomic E-state index is 0.167. The Kier molecular flexibility index (Phi) is 5.46. The minimum Gasteiger partial charge on any atom is -0.464 e. The molecule has 2 heterocycles. The number of carbonyl (C=O) groups is 3. The molecule has 1 saturated heterocycles. The normalized spacial score (nSPS) is 16.9. The number of aromatic nitrogens is 1. The van der Waals surface area contributed by atoms with Gasteiger partial charge in [-0.15, -0.1) is 0 Å². The highest BCUT2D eigenvalue weighted by Crippen LogP contribution is 2.34. The number of benzene rings is 1. The van der Waals surface area contributed by atoms with Crippen LogP contribution in [0, 0.1) is 5.82 Å². The number of halogens is 1. The molecule has 0 aliphatic carbocycles. The van der Waals surface area contributed by atoms with Crippen LogP contribution in [-0.2, 0) is 14.3 Å². The van der Waals surface area contributed by atoms with Gasteiger partial charge < -0.3 is 9.30 Å². The van der Waals surface area contributed by atoms with E-state index in [1.165, 1.54) is 19.1 Å². The van der Waals surface area contributed by atoms with E-state index in [9.17, 15) is 18.8 Å². The van der Waals surface area contributed by atoms with E-state index in [1.54, 1.807) is 48.0 Å². The molecule has 1 aliphatic rings. The molecule has 0 unspecified atom stereocenters. The summed E-state index contributed by atoms with van der Waals surface area (Å²) in [5.41, 5.74) is 1.36. The van der Waals surface area contributed by atoms with Crippen LogP contribution in [0.5, 0.6) is 0 Å². The molecule has 0 spiro atoms. The highest BCUT2D eigenvalue weighted by Gasteiger charge is 2.41. The van der Waals surface area contributed by atoms with Crippen molar-refractivity contribution in [2.45, 2.75) is 19.9 Å². The molecule has 2 aromatic rings. The fourth-order valence-corrected chi connectivity index (χ4v) is 3.56. The van der Waals surface area contributed by atoms with Crippen molar-refractivity contribution < 1.29 is 23.5 Å². The van der Waals surface area contributed by atoms with Crippen molar-refractivity contribution in [2.75, 3.05) is 6.61 Å². The SMILES string of the molecule is CCOC(=O)[C@H](C)N1C(=O)S/C(=C/c2cccn2-c2ccc(F)cc2)C1=O. The van der Waals surface area contributed by atoms with E-state index in [2.05, 4.69) is 0 Å². The number of imide groups is 1. The summed E-state index contributed by atoms with van der Waals surface area (Å²) in [4.78, 5) is 37.9. The van der Waals surface area contributed by atoms with Gasteiger partial charge in [0.1, 0.15) is 11.9 Å². The van der Waals surface area contributed by atoms with Crippen molar-refractivity contribution in [1.82, 2.24) is 9.47 Å². The summed E-state index contributed by atoms with van der Waals surface area (Å²) in [5, 5.41) is -0.522. The maximum atomic E-state index is 13.1. The molecule has 0 bridgehead atoms. The predicted octanol–water partition coefficient (Wildman–Crippen LogP) is 3.60. The maximum Gasteiger partial charge on any atom is 0.329 e. The van der Waals surface area contributed by atoms with E-state index in [-0.39, 0.29) is 17.3 Å². The number of carbonyl (C=O) groups excluding carboxylic acids is 3. The lowest BCUT2D eigenvalue weighted by molar-refractivity contribution is -0.150. The van der Waals surface area contributed by atoms with Crippen LogP contribution in [0.15, 0.2) is 47.5 Å². The maximum absolute atomic E-state index is 13.1. The van der Waals surface area contributed by atoms with Crippen molar-refractivity contribution in [3.8, 4) is 5.69 Å². The fourth-order valence-electron chi connectivity index (χ4n) is 2.66. The van der Waals surface area contributed by atoms with Gasteiger partial charge >= 0.3 is 5.97 Å². The van der Waals surface area contributed by atoms with E-state index in [4.69, 9.17) is 4.74 Å². The second kappa shape index (κ2) is 7.79. The first-order valence-electron chi connectivity index (χ1n) is 8.29. The van der Waals surface area contributed by atoms with Crippen LogP contribution in [0.25, 0.3) is 11.8 Å². The van der Waals surface area contributed by atoms with E-state index in [1.807, 2.05) is 0 Å². The number of hydrogen-bond donors (Lipinski definition) is 0. The van der Waals surface area contributed by atoms with E-state index < -0.39 is 23.2 Å². The van der Waals surface area contributed by atoms with Gasteiger partial charge in [-0.05, 0) is 68.1 Å². The first kappa shape index (κ1) is 18.9. The topological polar surface area (TPSA) is 68.6 Å². The highest BCUT2D eigenvalue weighted by atomic mass is 32.2. The first-order valence-corrected chi connectivity index (χ1v) is 9.11. The Bertz CT molecular complexity index is 920. The highest BCUT2D eigenvalue weighted by molar-refractivity contribution is 8.18. The van der Waals surface area contributed by atoms with Gasteiger partial charge in [0.2, 0.25) is 0 Å². The van der Waals surface area contributed by atoms with E-state index in [0.29, 0.717) is 11.4 Å². The number of hydrogen-bond acceptors (Lipinski definition) is 5. The average molecular weight is 388 g/mol. The number of rotatable bonds is 5. The van der Waals surface area contributed by atoms with Crippen LogP contribution >= 0.6 is 11.8 Å². The molecule has 0 N–H and O–H groups in total. The molecule has 6 nitrogen and oxygen atoms in total. The molecule has 2 amide bonds. The fraction of sp³-hybridized carbons (Fsp3) is 0.211. The zero-order valence-corrected chi connectivity index (χ0v) is 15.5. The van der Waals surface area contributed by atoms with Crippen molar-refractivity contribution in [3.05, 3.63) is 59.0 Å². The largest absolute Gasteiger partial charge is 0.464 e. The lowest BCUT2D eigenvalue weighted by Crippen LogP contribution is -2.42. The molecule has 1 fully saturated rings. The second-order valence-corrected chi connectivity index (χ2v) is 6.75. The van der Waals surface area contributed by atoms with Gasteiger partial charge in [-0.1, -0.05) is 0 Å². The lowest BCUT2D eigenvalue weighted by atomic mass is 10.2. The first-order chi connectivity index (χ1) is 12.9. The number of ether oxygens (including phenoxy) is 1. The van der Waals surface area contributed by atoms with Gasteiger partial charge in [-0.2, -0.15) is 0 Å². The standard InChI is InChI=1S/C19H17FN2O4S/c1-3-26-18(24)12(2)22-17(23)16(27-19(22)25)11-15-5-4-10-21(15)14-8-6-13(20)7-9-14/h4-12H,3H2,1-2H3/b16-11+/t12-/m0/s1. The van der Waals surface area contributed by atoms with Crippen LogP contribution in [0.3, 0.4) is 0 Å². The molecular weight excluding hydrogens is 371 g/mol. The third-order valence-corrected chi connectivity index (χ3v) is 4.89. The number of esters is 1. The third kappa shape index (κ3) is 3.80. The van der Waals surface area contributed by atoms with Gasteiger partial charge in [-0.25, -0.2) is 9.18 Å². The van der Waals surface area contributed by atoms with Crippen LogP contribution in [0.4, 0.5) is 9.18 Å². The van der Waals surface area contributed by atoms with Gasteiger partial charge in [0.15, 0.2) is 0 Å². The summed E-state index contributed by atoms with van der Waals surface area (Å²) in [7, 11) is 0. The molecule has 0 radical (unpaired) electrons. The Morgan fingerprint density at radius 3 is 2.63 bits per heavy atom. The van der Waals surface area contributed by atoms with Gasteiger partial charge in [-0.3, -0.25) is 14.5 Å². The quantitative estimate of drug-likeness (QED) is 0.578. The smallest absolute Gasteiger partial charge is 0.329 e. The molecule has 1 aromatic carbocycles. The number of nitrogens with zero attached hydrogens (tertiary/aromatic N) is 2. The zero-order valence-electron chi connectivity index (χ0n) is 14.7. The van der Waals surface area contributed by atoms with Crippen LogP contribution < -0.4 is 0 Å². The zero-order chi connectivity index (χ0) is 19.6. The van der Waals surface area contributed by atoms with Gasteiger partial charge in [0, 0.05) is 17.6 Å². The van der Waals surface area contributed by atoms with Crippen molar-refractivity contribution in [1.29, 1.82) is 0 Å². The summed E-state index contributed by atoms with van der Waals surface area (Å²) >= 11 is 0.768. The van der Waals surface area contributed by atoms with Gasteiger partial charge in [0.25, 0.3) is 11.1 Å². The van der Waals surface area contributed by atoms with Crippen LogP contribution in [0.2, 0.25) is 0 Å². The van der Waals surface area contributed by atoms with Crippen molar-refractivity contribution in [2.24, 2.45) is 0 Å². The second-order valence-electron chi connectivity index (χ2n) is 5.76. The van der Waals surface area contributed by atoms with Gasteiger partial charge in [0.05, 0.1) is 11.5 Å².